The largest absolute Gasteiger partial charge is 0.438 e. The van der Waals surface area contributed by atoms with Crippen LogP contribution in [0.1, 0.15) is 37.7 Å². The van der Waals surface area contributed by atoms with Crippen molar-refractivity contribution in [1.29, 1.82) is 0 Å². The predicted octanol–water partition coefficient (Wildman–Crippen LogP) is 4.79. The van der Waals surface area contributed by atoms with Gasteiger partial charge in [-0.05, 0) is 36.0 Å². The van der Waals surface area contributed by atoms with Crippen molar-refractivity contribution < 1.29 is 28.5 Å². The van der Waals surface area contributed by atoms with Gasteiger partial charge in [-0.3, -0.25) is 14.5 Å². The van der Waals surface area contributed by atoms with Crippen LogP contribution in [-0.2, 0) is 35.1 Å². The molecule has 3 atom stereocenters. The van der Waals surface area contributed by atoms with E-state index in [1.54, 1.807) is 0 Å². The summed E-state index contributed by atoms with van der Waals surface area (Å²) < 4.78 is 21.6. The average molecular weight is 522 g/mol. The van der Waals surface area contributed by atoms with E-state index in [0.717, 1.165) is 31.5 Å². The number of morpholine rings is 1. The van der Waals surface area contributed by atoms with Crippen LogP contribution in [0.2, 0.25) is 0 Å². The highest BCUT2D eigenvalue weighted by atomic mass is 16.7. The molecular weight excluding hydrogens is 482 g/mol. The van der Waals surface area contributed by atoms with E-state index in [2.05, 4.69) is 47.4 Å². The summed E-state index contributed by atoms with van der Waals surface area (Å²) >= 11 is 0. The van der Waals surface area contributed by atoms with Gasteiger partial charge in [0.25, 0.3) is 0 Å². The number of allylic oxidation sites excluding steroid dienone is 2. The smallest absolute Gasteiger partial charge is 0.308 e. The number of ketones is 1. The third-order valence-electron chi connectivity index (χ3n) is 7.27. The molecule has 1 heterocycles. The van der Waals surface area contributed by atoms with E-state index >= 15 is 0 Å². The van der Waals surface area contributed by atoms with Gasteiger partial charge in [0.05, 0.1) is 32.0 Å². The zero-order chi connectivity index (χ0) is 26.6. The molecule has 0 radical (unpaired) electrons. The Morgan fingerprint density at radius 2 is 1.71 bits per heavy atom. The fourth-order valence-corrected chi connectivity index (χ4v) is 5.32. The molecule has 0 N–H and O–H groups in total. The maximum Gasteiger partial charge on any atom is 0.308 e. The molecule has 2 aliphatic rings. The molecule has 7 nitrogen and oxygen atoms in total. The van der Waals surface area contributed by atoms with Gasteiger partial charge in [-0.2, -0.15) is 0 Å². The highest BCUT2D eigenvalue weighted by molar-refractivity contribution is 5.87. The Kier molecular flexibility index (Phi) is 11.1. The van der Waals surface area contributed by atoms with Gasteiger partial charge in [0.2, 0.25) is 0 Å². The van der Waals surface area contributed by atoms with Crippen molar-refractivity contribution in [3.63, 3.8) is 0 Å². The van der Waals surface area contributed by atoms with Crippen LogP contribution in [0, 0.1) is 5.92 Å². The van der Waals surface area contributed by atoms with Gasteiger partial charge in [0, 0.05) is 39.0 Å². The van der Waals surface area contributed by atoms with E-state index in [9.17, 15) is 9.59 Å². The minimum Gasteiger partial charge on any atom is -0.438 e. The Morgan fingerprint density at radius 3 is 2.45 bits per heavy atom. The topological polar surface area (TPSA) is 74.3 Å². The first-order chi connectivity index (χ1) is 18.7. The monoisotopic (exact) mass is 521 g/mol. The van der Waals surface area contributed by atoms with Gasteiger partial charge < -0.3 is 18.9 Å². The average Bonchev–Trinajstić information content (AvgIpc) is 3.28. The second-order valence-electron chi connectivity index (χ2n) is 9.85. The molecule has 38 heavy (non-hydrogen) atoms. The Hall–Kier alpha value is -2.84. The molecule has 1 aliphatic heterocycles. The van der Waals surface area contributed by atoms with Crippen LogP contribution in [0.5, 0.6) is 0 Å². The van der Waals surface area contributed by atoms with E-state index in [1.807, 2.05) is 24.3 Å². The number of methoxy groups -OCH3 is 1. The summed E-state index contributed by atoms with van der Waals surface area (Å²) in [5.74, 6) is 0.127. The second kappa shape index (κ2) is 14.9. The first-order valence-corrected chi connectivity index (χ1v) is 13.6. The van der Waals surface area contributed by atoms with Crippen LogP contribution in [0.15, 0.2) is 66.7 Å². The number of hydrogen-bond donors (Lipinski definition) is 0. The van der Waals surface area contributed by atoms with Crippen LogP contribution in [0.3, 0.4) is 0 Å². The molecule has 204 valence electrons. The number of hydrogen-bond acceptors (Lipinski definition) is 7. The normalized spacial score (nSPS) is 22.2. The molecule has 2 aromatic rings. The minimum absolute atomic E-state index is 0.0141. The number of benzene rings is 2. The number of esters is 1. The minimum atomic E-state index is -0.268. The Bertz CT molecular complexity index is 1030. The van der Waals surface area contributed by atoms with Gasteiger partial charge in [-0.15, -0.1) is 0 Å². The summed E-state index contributed by atoms with van der Waals surface area (Å²) in [5, 5.41) is 0. The van der Waals surface area contributed by atoms with Crippen molar-refractivity contribution in [1.82, 2.24) is 4.90 Å². The maximum absolute atomic E-state index is 13.2. The van der Waals surface area contributed by atoms with Gasteiger partial charge in [0.1, 0.15) is 0 Å². The lowest BCUT2D eigenvalue weighted by atomic mass is 9.93. The number of Topliss-reactive ketones (excluding diaryl/α,β-unsaturated/α-hetero) is 1. The first-order valence-electron chi connectivity index (χ1n) is 13.6. The van der Waals surface area contributed by atoms with Crippen molar-refractivity contribution in [3.05, 3.63) is 72.3 Å². The summed E-state index contributed by atoms with van der Waals surface area (Å²) in [7, 11) is 1.49. The predicted molar refractivity (Wildman–Crippen MR) is 145 cm³/mol. The zero-order valence-electron chi connectivity index (χ0n) is 22.3. The Morgan fingerprint density at radius 1 is 1.00 bits per heavy atom. The number of nitrogens with zero attached hydrogens (tertiary/aromatic N) is 1. The molecule has 0 unspecified atom stereocenters. The quantitative estimate of drug-likeness (QED) is 0.213. The fraction of sp³-hybridized carbons (Fsp3) is 0.484. The van der Waals surface area contributed by atoms with E-state index < -0.39 is 0 Å². The fourth-order valence-electron chi connectivity index (χ4n) is 5.32. The second-order valence-corrected chi connectivity index (χ2v) is 9.85. The molecule has 1 saturated heterocycles. The highest BCUT2D eigenvalue weighted by Crippen LogP contribution is 2.35. The molecule has 7 heteroatoms. The van der Waals surface area contributed by atoms with E-state index in [0.29, 0.717) is 39.1 Å². The van der Waals surface area contributed by atoms with E-state index in [4.69, 9.17) is 18.9 Å². The van der Waals surface area contributed by atoms with Crippen LogP contribution in [0.25, 0.3) is 11.1 Å². The van der Waals surface area contributed by atoms with Gasteiger partial charge in [-0.1, -0.05) is 66.7 Å². The van der Waals surface area contributed by atoms with Crippen molar-refractivity contribution in [2.75, 3.05) is 40.2 Å². The molecule has 0 aromatic heterocycles. The Balaban J connectivity index is 1.33. The van der Waals surface area contributed by atoms with Crippen molar-refractivity contribution in [2.24, 2.45) is 5.92 Å². The lowest BCUT2D eigenvalue weighted by Crippen LogP contribution is -2.49. The van der Waals surface area contributed by atoms with Crippen molar-refractivity contribution >= 4 is 11.8 Å². The van der Waals surface area contributed by atoms with E-state index in [1.165, 1.54) is 18.2 Å². The maximum atomic E-state index is 13.2. The van der Waals surface area contributed by atoms with Gasteiger partial charge in [-0.25, -0.2) is 0 Å². The highest BCUT2D eigenvalue weighted by Gasteiger charge is 2.45. The molecule has 2 fully saturated rings. The number of carbonyl (C=O) groups excluding carboxylic acids is 2. The zero-order valence-corrected chi connectivity index (χ0v) is 22.3. The molecule has 4 rings (SSSR count). The molecule has 0 bridgehead atoms. The summed E-state index contributed by atoms with van der Waals surface area (Å²) in [6.45, 7) is 3.35. The molecule has 1 saturated carbocycles. The SMILES string of the molecule is COCOC(=O)CC/C=C\CC[C@H]1[C@@H](OCc2ccc(-c3ccccc3)cc2)CC(=O)[C@@H]1N1CCOCC1. The number of carbonyl (C=O) groups is 2. The molecule has 1 aliphatic carbocycles. The van der Waals surface area contributed by atoms with Crippen LogP contribution in [-0.4, -0.2) is 69.0 Å². The molecule has 0 spiro atoms. The van der Waals surface area contributed by atoms with E-state index in [-0.39, 0.29) is 36.6 Å². The first kappa shape index (κ1) is 28.2. The van der Waals surface area contributed by atoms with Crippen molar-refractivity contribution in [3.8, 4) is 11.1 Å². The molecule has 2 aromatic carbocycles. The molecular formula is C31H39NO6. The lowest BCUT2D eigenvalue weighted by Gasteiger charge is -2.35. The van der Waals surface area contributed by atoms with Crippen molar-refractivity contribution in [2.45, 2.75) is 50.9 Å². The number of rotatable bonds is 13. The summed E-state index contributed by atoms with van der Waals surface area (Å²) in [5.41, 5.74) is 3.47. The third-order valence-corrected chi connectivity index (χ3v) is 7.27. The van der Waals surface area contributed by atoms with Crippen LogP contribution in [0.4, 0.5) is 0 Å². The van der Waals surface area contributed by atoms with Gasteiger partial charge in [0.15, 0.2) is 12.6 Å². The Labute approximate surface area is 225 Å². The lowest BCUT2D eigenvalue weighted by molar-refractivity contribution is -0.153. The summed E-state index contributed by atoms with van der Waals surface area (Å²) in [6, 6.07) is 18.6. The number of ether oxygens (including phenoxy) is 4. The van der Waals surface area contributed by atoms with Crippen LogP contribution >= 0.6 is 0 Å². The third kappa shape index (κ3) is 8.08. The standard InChI is InChI=1S/C31H39NO6/c1-35-23-38-30(34)12-8-3-2-7-11-27-29(21-28(33)31(27)32-17-19-36-20-18-32)37-22-24-13-15-26(16-14-24)25-9-5-4-6-10-25/h2-6,9-10,13-16,27,29,31H,7-8,11-12,17-23H2,1H3/b3-2-/t27-,29-,31+/m0/s1. The van der Waals surface area contributed by atoms with Crippen LogP contribution < -0.4 is 0 Å². The van der Waals surface area contributed by atoms with Gasteiger partial charge >= 0.3 is 5.97 Å². The summed E-state index contributed by atoms with van der Waals surface area (Å²) in [6.07, 6.45) is 7.09. The molecule has 0 amide bonds. The summed E-state index contributed by atoms with van der Waals surface area (Å²) in [4.78, 5) is 27.1.